The molecule has 2 aromatic rings. The molecule has 0 amide bonds. The van der Waals surface area contributed by atoms with Crippen LogP contribution in [0.25, 0.3) is 5.69 Å². The standard InChI is InChI=1S/C21H25N3O3/c1-3-23(13-16-7-5-4-6-8-16)14-19-15(2)20(25)24(22-19)18-11-9-17(10-12-18)21(26)27/h5,7-12,22H,3-4,6,13-14H2,1-2H3,(H,26,27). The third-order valence-electron chi connectivity index (χ3n) is 4.90. The van der Waals surface area contributed by atoms with Gasteiger partial charge in [-0.1, -0.05) is 25.2 Å². The van der Waals surface area contributed by atoms with E-state index in [-0.39, 0.29) is 11.1 Å². The van der Waals surface area contributed by atoms with Crippen molar-refractivity contribution < 1.29 is 9.90 Å². The van der Waals surface area contributed by atoms with Crippen LogP contribution in [-0.4, -0.2) is 38.8 Å². The largest absolute Gasteiger partial charge is 0.478 e. The molecule has 0 radical (unpaired) electrons. The predicted molar refractivity (Wildman–Crippen MR) is 105 cm³/mol. The lowest BCUT2D eigenvalue weighted by molar-refractivity contribution is 0.0697. The van der Waals surface area contributed by atoms with E-state index >= 15 is 0 Å². The summed E-state index contributed by atoms with van der Waals surface area (Å²) < 4.78 is 1.48. The zero-order valence-electron chi connectivity index (χ0n) is 15.7. The van der Waals surface area contributed by atoms with Gasteiger partial charge < -0.3 is 5.11 Å². The van der Waals surface area contributed by atoms with E-state index in [1.54, 1.807) is 12.1 Å². The third kappa shape index (κ3) is 4.28. The fourth-order valence-corrected chi connectivity index (χ4v) is 3.20. The molecule has 1 aliphatic carbocycles. The van der Waals surface area contributed by atoms with Gasteiger partial charge in [-0.25, -0.2) is 9.48 Å². The number of hydrogen-bond acceptors (Lipinski definition) is 3. The van der Waals surface area contributed by atoms with E-state index in [0.29, 0.717) is 17.8 Å². The van der Waals surface area contributed by atoms with Crippen molar-refractivity contribution in [2.24, 2.45) is 0 Å². The minimum absolute atomic E-state index is 0.110. The number of carbonyl (C=O) groups is 1. The van der Waals surface area contributed by atoms with Crippen LogP contribution in [0.2, 0.25) is 0 Å². The highest BCUT2D eigenvalue weighted by Crippen LogP contribution is 2.15. The maximum Gasteiger partial charge on any atom is 0.335 e. The smallest absolute Gasteiger partial charge is 0.335 e. The lowest BCUT2D eigenvalue weighted by Crippen LogP contribution is -2.26. The first-order chi connectivity index (χ1) is 13.0. The highest BCUT2D eigenvalue weighted by Gasteiger charge is 2.15. The molecule has 3 rings (SSSR count). The van der Waals surface area contributed by atoms with E-state index in [2.05, 4.69) is 35.2 Å². The summed E-state index contributed by atoms with van der Waals surface area (Å²) in [6.45, 7) is 6.33. The van der Waals surface area contributed by atoms with E-state index in [4.69, 9.17) is 5.11 Å². The second kappa shape index (κ2) is 8.22. The number of aromatic carboxylic acids is 1. The van der Waals surface area contributed by atoms with Crippen LogP contribution >= 0.6 is 0 Å². The fourth-order valence-electron chi connectivity index (χ4n) is 3.20. The van der Waals surface area contributed by atoms with E-state index in [0.717, 1.165) is 31.6 Å². The van der Waals surface area contributed by atoms with Gasteiger partial charge in [0.15, 0.2) is 0 Å². The monoisotopic (exact) mass is 367 g/mol. The molecule has 0 unspecified atom stereocenters. The molecule has 27 heavy (non-hydrogen) atoms. The molecule has 0 saturated carbocycles. The Labute approximate surface area is 158 Å². The van der Waals surface area contributed by atoms with Gasteiger partial charge in [-0.05, 0) is 56.1 Å². The third-order valence-corrected chi connectivity index (χ3v) is 4.90. The average molecular weight is 367 g/mol. The summed E-state index contributed by atoms with van der Waals surface area (Å²) in [6.07, 6.45) is 8.84. The zero-order chi connectivity index (χ0) is 19.4. The molecular formula is C21H25N3O3. The fraction of sp³-hybridized carbons (Fsp3) is 0.333. The number of carboxylic acid groups (broad SMARTS) is 1. The molecule has 0 saturated heterocycles. The average Bonchev–Trinajstić information content (AvgIpc) is 2.96. The first-order valence-corrected chi connectivity index (χ1v) is 9.21. The van der Waals surface area contributed by atoms with Gasteiger partial charge in [0.25, 0.3) is 5.56 Å². The number of likely N-dealkylation sites (N-methyl/N-ethyl adjacent to an activating group) is 1. The van der Waals surface area contributed by atoms with E-state index < -0.39 is 5.97 Å². The van der Waals surface area contributed by atoms with Crippen molar-refractivity contribution in [2.75, 3.05) is 13.1 Å². The summed E-state index contributed by atoms with van der Waals surface area (Å²) in [4.78, 5) is 25.9. The maximum absolute atomic E-state index is 12.6. The molecule has 1 heterocycles. The number of allylic oxidation sites excluding steroid dienone is 2. The normalized spacial score (nSPS) is 13.8. The molecule has 0 aliphatic heterocycles. The number of rotatable bonds is 7. The van der Waals surface area contributed by atoms with Crippen molar-refractivity contribution in [2.45, 2.75) is 33.2 Å². The molecule has 0 bridgehead atoms. The number of hydrogen-bond donors (Lipinski definition) is 2. The Balaban J connectivity index is 1.81. The number of aromatic amines is 1. The van der Waals surface area contributed by atoms with Crippen LogP contribution in [0.4, 0.5) is 0 Å². The molecule has 1 aromatic heterocycles. The number of carboxylic acids is 1. The first kappa shape index (κ1) is 18.9. The Kier molecular flexibility index (Phi) is 5.76. The molecular weight excluding hydrogens is 342 g/mol. The van der Waals surface area contributed by atoms with Crippen molar-refractivity contribution in [3.8, 4) is 5.69 Å². The Morgan fingerprint density at radius 1 is 1.22 bits per heavy atom. The predicted octanol–water partition coefficient (Wildman–Crippen LogP) is 3.27. The van der Waals surface area contributed by atoms with Gasteiger partial charge in [0.2, 0.25) is 0 Å². The van der Waals surface area contributed by atoms with E-state index in [1.165, 1.54) is 22.4 Å². The van der Waals surface area contributed by atoms with Crippen LogP contribution in [0.3, 0.4) is 0 Å². The van der Waals surface area contributed by atoms with E-state index in [9.17, 15) is 9.59 Å². The second-order valence-corrected chi connectivity index (χ2v) is 6.77. The topological polar surface area (TPSA) is 78.3 Å². The quantitative estimate of drug-likeness (QED) is 0.787. The summed E-state index contributed by atoms with van der Waals surface area (Å²) >= 11 is 0. The van der Waals surface area contributed by atoms with Gasteiger partial charge in [-0.3, -0.25) is 14.8 Å². The number of H-pyrrole nitrogens is 1. The molecule has 0 atom stereocenters. The summed E-state index contributed by atoms with van der Waals surface area (Å²) in [6, 6.07) is 6.28. The molecule has 1 aliphatic rings. The SMILES string of the molecule is CCN(CC1=CCCC=C1)Cc1[nH]n(-c2ccc(C(=O)O)cc2)c(=O)c1C. The molecule has 1 aromatic carbocycles. The lowest BCUT2D eigenvalue weighted by atomic mass is 10.1. The Hall–Kier alpha value is -2.86. The molecule has 6 nitrogen and oxygen atoms in total. The number of aromatic nitrogens is 2. The zero-order valence-corrected chi connectivity index (χ0v) is 15.7. The van der Waals surface area contributed by atoms with Gasteiger partial charge in [0, 0.05) is 18.7 Å². The first-order valence-electron chi connectivity index (χ1n) is 9.21. The summed E-state index contributed by atoms with van der Waals surface area (Å²) in [5, 5.41) is 12.2. The van der Waals surface area contributed by atoms with Crippen LogP contribution in [-0.2, 0) is 6.54 Å². The van der Waals surface area contributed by atoms with Crippen LogP contribution < -0.4 is 5.56 Å². The minimum Gasteiger partial charge on any atom is -0.478 e. The van der Waals surface area contributed by atoms with Crippen molar-refractivity contribution in [1.29, 1.82) is 0 Å². The van der Waals surface area contributed by atoms with Crippen molar-refractivity contribution >= 4 is 5.97 Å². The van der Waals surface area contributed by atoms with Crippen LogP contribution in [0, 0.1) is 6.92 Å². The van der Waals surface area contributed by atoms with Gasteiger partial charge in [-0.2, -0.15) is 0 Å². The van der Waals surface area contributed by atoms with Gasteiger partial charge in [0.05, 0.1) is 16.9 Å². The highest BCUT2D eigenvalue weighted by molar-refractivity contribution is 5.87. The summed E-state index contributed by atoms with van der Waals surface area (Å²) in [5.74, 6) is -0.984. The van der Waals surface area contributed by atoms with E-state index in [1.807, 2.05) is 6.92 Å². The van der Waals surface area contributed by atoms with Crippen molar-refractivity contribution in [1.82, 2.24) is 14.7 Å². The van der Waals surface area contributed by atoms with Gasteiger partial charge >= 0.3 is 5.97 Å². The van der Waals surface area contributed by atoms with Gasteiger partial charge in [0.1, 0.15) is 0 Å². The molecule has 6 heteroatoms. The number of nitrogens with zero attached hydrogens (tertiary/aromatic N) is 2. The van der Waals surface area contributed by atoms with Crippen LogP contribution in [0.5, 0.6) is 0 Å². The van der Waals surface area contributed by atoms with Crippen molar-refractivity contribution in [3.63, 3.8) is 0 Å². The maximum atomic E-state index is 12.6. The minimum atomic E-state index is -0.984. The summed E-state index contributed by atoms with van der Waals surface area (Å²) in [5.41, 5.74) is 3.59. The molecule has 2 N–H and O–H groups in total. The number of benzene rings is 1. The Bertz CT molecular complexity index is 933. The molecule has 0 fully saturated rings. The molecule has 0 spiro atoms. The number of nitrogens with one attached hydrogen (secondary N) is 1. The van der Waals surface area contributed by atoms with Crippen molar-refractivity contribution in [3.05, 3.63) is 75.2 Å². The Morgan fingerprint density at radius 2 is 1.96 bits per heavy atom. The summed E-state index contributed by atoms with van der Waals surface area (Å²) in [7, 11) is 0. The molecule has 142 valence electrons. The van der Waals surface area contributed by atoms with Gasteiger partial charge in [-0.15, -0.1) is 0 Å². The lowest BCUT2D eigenvalue weighted by Gasteiger charge is -2.21. The van der Waals surface area contributed by atoms with Crippen LogP contribution in [0.1, 0.15) is 41.4 Å². The second-order valence-electron chi connectivity index (χ2n) is 6.77. The van der Waals surface area contributed by atoms with Crippen LogP contribution in [0.15, 0.2) is 52.9 Å². The highest BCUT2D eigenvalue weighted by atomic mass is 16.4. The Morgan fingerprint density at radius 3 is 2.56 bits per heavy atom.